The van der Waals surface area contributed by atoms with Crippen molar-refractivity contribution in [3.63, 3.8) is 0 Å². The van der Waals surface area contributed by atoms with Gasteiger partial charge in [0, 0.05) is 19.0 Å². The third-order valence-electron chi connectivity index (χ3n) is 3.01. The molecular formula is C10H15NO6. The zero-order valence-corrected chi connectivity index (χ0v) is 9.06. The number of nitrogens with zero attached hydrogens (tertiary/aromatic N) is 1. The molecule has 4 atom stereocenters. The van der Waals surface area contributed by atoms with E-state index in [1.807, 2.05) is 0 Å². The molecule has 0 unspecified atom stereocenters. The maximum absolute atomic E-state index is 11.6. The van der Waals surface area contributed by atoms with E-state index in [2.05, 4.69) is 0 Å². The van der Waals surface area contributed by atoms with Gasteiger partial charge in [-0.05, 0) is 0 Å². The number of amides is 1. The molecule has 17 heavy (non-hydrogen) atoms. The fraction of sp³-hybridized carbons (Fsp3) is 0.700. The highest BCUT2D eigenvalue weighted by atomic mass is 16.6. The second-order valence-electron chi connectivity index (χ2n) is 4.15. The van der Waals surface area contributed by atoms with E-state index in [4.69, 9.17) is 9.84 Å². The molecule has 1 fully saturated rings. The van der Waals surface area contributed by atoms with Gasteiger partial charge in [0.15, 0.2) is 6.23 Å². The second kappa shape index (κ2) is 4.61. The van der Waals surface area contributed by atoms with Crippen molar-refractivity contribution < 1.29 is 30.0 Å². The molecule has 0 spiro atoms. The molecule has 2 rings (SSSR count). The van der Waals surface area contributed by atoms with Crippen LogP contribution in [0.4, 0.5) is 0 Å². The van der Waals surface area contributed by atoms with E-state index >= 15 is 0 Å². The van der Waals surface area contributed by atoms with Gasteiger partial charge in [0.25, 0.3) is 5.91 Å². The van der Waals surface area contributed by atoms with Crippen molar-refractivity contribution in [1.82, 2.24) is 4.90 Å². The Hall–Kier alpha value is -1.15. The molecule has 7 nitrogen and oxygen atoms in total. The van der Waals surface area contributed by atoms with Gasteiger partial charge in [-0.3, -0.25) is 4.79 Å². The number of ether oxygens (including phenoxy) is 1. The van der Waals surface area contributed by atoms with Gasteiger partial charge in [-0.2, -0.15) is 0 Å². The maximum atomic E-state index is 11.6. The Morgan fingerprint density at radius 2 is 2.12 bits per heavy atom. The largest absolute Gasteiger partial charge is 0.512 e. The zero-order chi connectivity index (χ0) is 12.6. The monoisotopic (exact) mass is 245 g/mol. The predicted octanol–water partition coefficient (Wildman–Crippen LogP) is -1.90. The fourth-order valence-electron chi connectivity index (χ4n) is 2.03. The average Bonchev–Trinajstić information content (AvgIpc) is 2.57. The van der Waals surface area contributed by atoms with Gasteiger partial charge in [-0.15, -0.1) is 0 Å². The smallest absolute Gasteiger partial charge is 0.252 e. The van der Waals surface area contributed by atoms with E-state index in [1.54, 1.807) is 0 Å². The number of rotatable bonds is 2. The van der Waals surface area contributed by atoms with Gasteiger partial charge in [-0.25, -0.2) is 0 Å². The summed E-state index contributed by atoms with van der Waals surface area (Å²) >= 11 is 0. The fourth-order valence-corrected chi connectivity index (χ4v) is 2.03. The molecule has 2 aliphatic heterocycles. The lowest BCUT2D eigenvalue weighted by Crippen LogP contribution is -2.48. The molecule has 96 valence electrons. The molecule has 2 heterocycles. The van der Waals surface area contributed by atoms with Gasteiger partial charge in [0.2, 0.25) is 0 Å². The lowest BCUT2D eigenvalue weighted by atomic mass is 10.1. The van der Waals surface area contributed by atoms with E-state index < -0.39 is 37.1 Å². The minimum absolute atomic E-state index is 0.0157. The summed E-state index contributed by atoms with van der Waals surface area (Å²) in [5.74, 6) is -0.499. The zero-order valence-electron chi connectivity index (χ0n) is 9.06. The highest BCUT2D eigenvalue weighted by Gasteiger charge is 2.46. The Balaban J connectivity index is 2.11. The summed E-state index contributed by atoms with van der Waals surface area (Å²) < 4.78 is 5.22. The summed E-state index contributed by atoms with van der Waals surface area (Å²) in [6.45, 7) is -0.231. The van der Waals surface area contributed by atoms with Gasteiger partial charge in [-0.1, -0.05) is 0 Å². The van der Waals surface area contributed by atoms with Gasteiger partial charge < -0.3 is 30.1 Å². The minimum Gasteiger partial charge on any atom is -0.512 e. The highest BCUT2D eigenvalue weighted by Crippen LogP contribution is 2.26. The van der Waals surface area contributed by atoms with Gasteiger partial charge in [0.1, 0.15) is 18.3 Å². The SMILES string of the molecule is O=C1C=C(O)CCN1[C@@H]1O[C@@H](CO)[C@@H](O)[C@H]1O. The third-order valence-corrected chi connectivity index (χ3v) is 3.01. The van der Waals surface area contributed by atoms with Crippen LogP contribution in [0.5, 0.6) is 0 Å². The molecular weight excluding hydrogens is 230 g/mol. The summed E-state index contributed by atoms with van der Waals surface area (Å²) in [4.78, 5) is 12.8. The van der Waals surface area contributed by atoms with Crippen LogP contribution in [0.15, 0.2) is 11.8 Å². The molecule has 4 N–H and O–H groups in total. The maximum Gasteiger partial charge on any atom is 0.252 e. The number of hydrogen-bond acceptors (Lipinski definition) is 6. The number of hydrogen-bond donors (Lipinski definition) is 4. The molecule has 7 heteroatoms. The van der Waals surface area contributed by atoms with Crippen LogP contribution in [0, 0.1) is 0 Å². The Morgan fingerprint density at radius 1 is 1.41 bits per heavy atom. The summed E-state index contributed by atoms with van der Waals surface area (Å²) in [5.41, 5.74) is 0. The van der Waals surface area contributed by atoms with Crippen LogP contribution in [-0.4, -0.2) is 68.9 Å². The van der Waals surface area contributed by atoms with Crippen molar-refractivity contribution in [3.8, 4) is 0 Å². The number of carbonyl (C=O) groups excluding carboxylic acids is 1. The molecule has 0 radical (unpaired) electrons. The molecule has 0 bridgehead atoms. The highest BCUT2D eigenvalue weighted by molar-refractivity contribution is 5.89. The first kappa shape index (κ1) is 12.3. The summed E-state index contributed by atoms with van der Waals surface area (Å²) in [5, 5.41) is 37.4. The molecule has 0 saturated carbocycles. The van der Waals surface area contributed by atoms with E-state index in [0.29, 0.717) is 0 Å². The minimum atomic E-state index is -1.26. The normalized spacial score (nSPS) is 38.4. The number of carbonyl (C=O) groups is 1. The van der Waals surface area contributed by atoms with Crippen LogP contribution >= 0.6 is 0 Å². The second-order valence-corrected chi connectivity index (χ2v) is 4.15. The number of aliphatic hydroxyl groups excluding tert-OH is 4. The van der Waals surface area contributed by atoms with Gasteiger partial charge >= 0.3 is 0 Å². The lowest BCUT2D eigenvalue weighted by molar-refractivity contribution is -0.149. The standard InChI is InChI=1S/C10H15NO6/c12-4-6-8(15)9(16)10(17-6)11-2-1-5(13)3-7(11)14/h3,6,8-10,12-13,15-16H,1-2,4H2/t6-,8+,9+,10+/m0/s1. The van der Waals surface area contributed by atoms with E-state index in [9.17, 15) is 20.1 Å². The Kier molecular flexibility index (Phi) is 3.34. The van der Waals surface area contributed by atoms with Crippen LogP contribution in [-0.2, 0) is 9.53 Å². The van der Waals surface area contributed by atoms with Crippen molar-refractivity contribution in [1.29, 1.82) is 0 Å². The van der Waals surface area contributed by atoms with E-state index in [-0.39, 0.29) is 18.7 Å². The summed E-state index contributed by atoms with van der Waals surface area (Å²) in [6, 6.07) is 0. The van der Waals surface area contributed by atoms with Gasteiger partial charge in [0.05, 0.1) is 12.4 Å². The Labute approximate surface area is 97.5 Å². The van der Waals surface area contributed by atoms with Crippen LogP contribution < -0.4 is 0 Å². The summed E-state index contributed by atoms with van der Waals surface area (Å²) in [7, 11) is 0. The van der Waals surface area contributed by atoms with Crippen molar-refractivity contribution >= 4 is 5.91 Å². The van der Waals surface area contributed by atoms with Crippen LogP contribution in [0.1, 0.15) is 6.42 Å². The third kappa shape index (κ3) is 2.14. The predicted molar refractivity (Wildman–Crippen MR) is 54.8 cm³/mol. The van der Waals surface area contributed by atoms with Crippen molar-refractivity contribution in [2.24, 2.45) is 0 Å². The van der Waals surface area contributed by atoms with Crippen LogP contribution in [0.25, 0.3) is 0 Å². The first-order valence-electron chi connectivity index (χ1n) is 5.37. The Bertz CT molecular complexity index is 344. The van der Waals surface area contributed by atoms with Crippen molar-refractivity contribution in [3.05, 3.63) is 11.8 Å². The molecule has 1 saturated heterocycles. The first-order valence-corrected chi connectivity index (χ1v) is 5.37. The summed E-state index contributed by atoms with van der Waals surface area (Å²) in [6.07, 6.45) is -3.04. The molecule has 0 aromatic carbocycles. The molecule has 0 aromatic heterocycles. The van der Waals surface area contributed by atoms with Crippen LogP contribution in [0.2, 0.25) is 0 Å². The van der Waals surface area contributed by atoms with Crippen LogP contribution in [0.3, 0.4) is 0 Å². The topological polar surface area (TPSA) is 110 Å². The quantitative estimate of drug-likeness (QED) is 0.452. The molecule has 1 amide bonds. The number of aliphatic hydroxyl groups is 4. The van der Waals surface area contributed by atoms with Crippen molar-refractivity contribution in [2.45, 2.75) is 31.0 Å². The molecule has 0 aliphatic carbocycles. The van der Waals surface area contributed by atoms with E-state index in [1.165, 1.54) is 4.90 Å². The molecule has 0 aromatic rings. The average molecular weight is 245 g/mol. The van der Waals surface area contributed by atoms with Crippen molar-refractivity contribution in [2.75, 3.05) is 13.2 Å². The first-order chi connectivity index (χ1) is 8.04. The van der Waals surface area contributed by atoms with E-state index in [0.717, 1.165) is 6.08 Å². The Morgan fingerprint density at radius 3 is 2.65 bits per heavy atom. The lowest BCUT2D eigenvalue weighted by Gasteiger charge is -2.31. The molecule has 2 aliphatic rings.